The minimum absolute atomic E-state index is 0.773. The molecule has 1 nitrogen and oxygen atoms in total. The number of hydrogen-bond acceptors (Lipinski definition) is 1. The highest BCUT2D eigenvalue weighted by molar-refractivity contribution is 9.10. The second-order valence-corrected chi connectivity index (χ2v) is 5.61. The van der Waals surface area contributed by atoms with Crippen molar-refractivity contribution in [2.75, 3.05) is 6.54 Å². The Kier molecular flexibility index (Phi) is 3.70. The van der Waals surface area contributed by atoms with Crippen LogP contribution in [0.2, 0.25) is 5.02 Å². The molecular formula is C12H15BrClN. The van der Waals surface area contributed by atoms with Crippen LogP contribution in [0.15, 0.2) is 22.7 Å². The fourth-order valence-electron chi connectivity index (χ4n) is 1.73. The van der Waals surface area contributed by atoms with E-state index in [4.69, 9.17) is 11.6 Å². The maximum absolute atomic E-state index is 5.93. The van der Waals surface area contributed by atoms with Crippen LogP contribution in [0.3, 0.4) is 0 Å². The topological polar surface area (TPSA) is 12.0 Å². The van der Waals surface area contributed by atoms with E-state index in [0.29, 0.717) is 0 Å². The van der Waals surface area contributed by atoms with E-state index in [2.05, 4.69) is 40.3 Å². The van der Waals surface area contributed by atoms with Gasteiger partial charge in [-0.2, -0.15) is 0 Å². The van der Waals surface area contributed by atoms with Crippen LogP contribution in [0.5, 0.6) is 0 Å². The molecule has 0 spiro atoms. The lowest BCUT2D eigenvalue weighted by molar-refractivity contribution is 0.612. The van der Waals surface area contributed by atoms with Crippen LogP contribution in [-0.2, 0) is 6.54 Å². The number of nitrogens with one attached hydrogen (secondary N) is 1. The van der Waals surface area contributed by atoms with Gasteiger partial charge in [0.2, 0.25) is 0 Å². The molecule has 2 unspecified atom stereocenters. The lowest BCUT2D eigenvalue weighted by Gasteiger charge is -2.05. The smallest absolute Gasteiger partial charge is 0.0548 e. The molecule has 1 aliphatic carbocycles. The molecular weight excluding hydrogens is 273 g/mol. The molecule has 0 aliphatic heterocycles. The summed E-state index contributed by atoms with van der Waals surface area (Å²) in [7, 11) is 0. The molecule has 0 radical (unpaired) electrons. The number of rotatable bonds is 4. The van der Waals surface area contributed by atoms with Crippen molar-refractivity contribution in [3.05, 3.63) is 33.3 Å². The highest BCUT2D eigenvalue weighted by Crippen LogP contribution is 2.36. The van der Waals surface area contributed by atoms with Gasteiger partial charge in [0.05, 0.1) is 5.02 Å². The molecule has 0 bridgehead atoms. The quantitative estimate of drug-likeness (QED) is 0.887. The molecule has 0 heterocycles. The summed E-state index contributed by atoms with van der Waals surface area (Å²) >= 11 is 9.36. The zero-order valence-corrected chi connectivity index (χ0v) is 11.1. The van der Waals surface area contributed by atoms with E-state index >= 15 is 0 Å². The predicted octanol–water partition coefficient (Wildman–Crippen LogP) is 3.85. The molecule has 1 N–H and O–H groups in total. The van der Waals surface area contributed by atoms with Crippen LogP contribution < -0.4 is 5.32 Å². The van der Waals surface area contributed by atoms with Gasteiger partial charge in [-0.3, -0.25) is 0 Å². The third-order valence-corrected chi connectivity index (χ3v) is 4.21. The van der Waals surface area contributed by atoms with Crippen molar-refractivity contribution >= 4 is 27.5 Å². The van der Waals surface area contributed by atoms with E-state index in [1.54, 1.807) is 0 Å². The second-order valence-electron chi connectivity index (χ2n) is 4.35. The van der Waals surface area contributed by atoms with Crippen molar-refractivity contribution in [2.24, 2.45) is 11.8 Å². The van der Waals surface area contributed by atoms with E-state index < -0.39 is 0 Å². The molecule has 0 saturated heterocycles. The molecule has 2 atom stereocenters. The summed E-state index contributed by atoms with van der Waals surface area (Å²) in [6, 6.07) is 6.07. The van der Waals surface area contributed by atoms with Crippen molar-refractivity contribution in [3.63, 3.8) is 0 Å². The first-order valence-corrected chi connectivity index (χ1v) is 6.48. The Labute approximate surface area is 104 Å². The highest BCUT2D eigenvalue weighted by Gasteiger charge is 2.31. The summed E-state index contributed by atoms with van der Waals surface area (Å²) in [5, 5.41) is 4.25. The van der Waals surface area contributed by atoms with Crippen molar-refractivity contribution in [1.29, 1.82) is 0 Å². The van der Waals surface area contributed by atoms with E-state index in [-0.39, 0.29) is 0 Å². The Bertz CT molecular complexity index is 353. The Morgan fingerprint density at radius 2 is 2.27 bits per heavy atom. The minimum atomic E-state index is 0.773. The summed E-state index contributed by atoms with van der Waals surface area (Å²) < 4.78 is 0.975. The molecule has 2 rings (SSSR count). The standard InChI is InChI=1S/C12H15BrClN/c1-8-4-10(8)7-15-6-9-2-3-12(14)11(13)5-9/h2-3,5,8,10,15H,4,6-7H2,1H3. The Morgan fingerprint density at radius 3 is 2.87 bits per heavy atom. The van der Waals surface area contributed by atoms with E-state index in [9.17, 15) is 0 Å². The van der Waals surface area contributed by atoms with Gasteiger partial charge < -0.3 is 5.32 Å². The summed E-state index contributed by atoms with van der Waals surface area (Å²) in [4.78, 5) is 0. The second kappa shape index (κ2) is 4.86. The maximum Gasteiger partial charge on any atom is 0.0548 e. The molecule has 0 aromatic heterocycles. The van der Waals surface area contributed by atoms with Gasteiger partial charge in [-0.25, -0.2) is 0 Å². The normalized spacial score (nSPS) is 24.2. The molecule has 1 fully saturated rings. The van der Waals surface area contributed by atoms with Gasteiger partial charge in [0, 0.05) is 11.0 Å². The molecule has 1 aromatic carbocycles. The van der Waals surface area contributed by atoms with Crippen LogP contribution in [0.1, 0.15) is 18.9 Å². The first kappa shape index (κ1) is 11.4. The van der Waals surface area contributed by atoms with Crippen LogP contribution in [0.25, 0.3) is 0 Å². The van der Waals surface area contributed by atoms with Crippen LogP contribution in [0, 0.1) is 11.8 Å². The third-order valence-electron chi connectivity index (χ3n) is 3.00. The molecule has 1 saturated carbocycles. The Morgan fingerprint density at radius 1 is 1.53 bits per heavy atom. The van der Waals surface area contributed by atoms with Gasteiger partial charge in [-0.15, -0.1) is 0 Å². The van der Waals surface area contributed by atoms with Crippen molar-refractivity contribution in [2.45, 2.75) is 19.9 Å². The monoisotopic (exact) mass is 287 g/mol. The van der Waals surface area contributed by atoms with Gasteiger partial charge in [-0.05, 0) is 58.4 Å². The SMILES string of the molecule is CC1CC1CNCc1ccc(Cl)c(Br)c1. The molecule has 82 valence electrons. The number of halogens is 2. The first-order chi connectivity index (χ1) is 7.16. The lowest BCUT2D eigenvalue weighted by Crippen LogP contribution is -2.16. The largest absolute Gasteiger partial charge is 0.312 e. The fourth-order valence-corrected chi connectivity index (χ4v) is 2.28. The highest BCUT2D eigenvalue weighted by atomic mass is 79.9. The minimum Gasteiger partial charge on any atom is -0.312 e. The molecule has 1 aliphatic rings. The third kappa shape index (κ3) is 3.20. The maximum atomic E-state index is 5.93. The number of hydrogen-bond donors (Lipinski definition) is 1. The molecule has 15 heavy (non-hydrogen) atoms. The Hall–Kier alpha value is -0.0500. The van der Waals surface area contributed by atoms with Crippen LogP contribution in [0.4, 0.5) is 0 Å². The van der Waals surface area contributed by atoms with Gasteiger partial charge >= 0.3 is 0 Å². The summed E-state index contributed by atoms with van der Waals surface area (Å²) in [6.07, 6.45) is 1.39. The average molecular weight is 289 g/mol. The van der Waals surface area contributed by atoms with E-state index in [1.807, 2.05) is 6.07 Å². The van der Waals surface area contributed by atoms with Gasteiger partial charge in [0.25, 0.3) is 0 Å². The van der Waals surface area contributed by atoms with Gasteiger partial charge in [-0.1, -0.05) is 24.6 Å². The molecule has 3 heteroatoms. The first-order valence-electron chi connectivity index (χ1n) is 5.31. The van der Waals surface area contributed by atoms with Crippen LogP contribution in [-0.4, -0.2) is 6.54 Å². The van der Waals surface area contributed by atoms with Crippen molar-refractivity contribution in [1.82, 2.24) is 5.32 Å². The Balaban J connectivity index is 1.80. The number of benzene rings is 1. The van der Waals surface area contributed by atoms with Gasteiger partial charge in [0.15, 0.2) is 0 Å². The zero-order valence-electron chi connectivity index (χ0n) is 8.76. The molecule has 1 aromatic rings. The average Bonchev–Trinajstić information content (AvgIpc) is 2.88. The van der Waals surface area contributed by atoms with E-state index in [0.717, 1.165) is 34.4 Å². The lowest BCUT2D eigenvalue weighted by atomic mass is 10.2. The predicted molar refractivity (Wildman–Crippen MR) is 68.1 cm³/mol. The summed E-state index contributed by atoms with van der Waals surface area (Å²) in [5.74, 6) is 1.83. The molecule has 0 amide bonds. The van der Waals surface area contributed by atoms with Crippen LogP contribution >= 0.6 is 27.5 Å². The fraction of sp³-hybridized carbons (Fsp3) is 0.500. The summed E-state index contributed by atoms with van der Waals surface area (Å²) in [5.41, 5.74) is 1.28. The van der Waals surface area contributed by atoms with E-state index in [1.165, 1.54) is 12.0 Å². The van der Waals surface area contributed by atoms with Gasteiger partial charge in [0.1, 0.15) is 0 Å². The zero-order chi connectivity index (χ0) is 10.8. The van der Waals surface area contributed by atoms with Crippen molar-refractivity contribution in [3.8, 4) is 0 Å². The summed E-state index contributed by atoms with van der Waals surface area (Å²) in [6.45, 7) is 4.38. The van der Waals surface area contributed by atoms with Crippen molar-refractivity contribution < 1.29 is 0 Å².